The summed E-state index contributed by atoms with van der Waals surface area (Å²) in [4.78, 5) is 29.8. The molecule has 8 heteroatoms. The van der Waals surface area contributed by atoms with Crippen LogP contribution < -0.4 is 20.7 Å². The third kappa shape index (κ3) is 5.72. The Bertz CT molecular complexity index is 495. The van der Waals surface area contributed by atoms with Gasteiger partial charge in [-0.25, -0.2) is 0 Å². The first-order valence-electron chi connectivity index (χ1n) is 9.36. The van der Waals surface area contributed by atoms with Gasteiger partial charge >= 0.3 is 0 Å². The molecule has 142 valence electrons. The molecule has 0 spiro atoms. The van der Waals surface area contributed by atoms with E-state index in [1.807, 2.05) is 13.8 Å². The molecule has 0 saturated heterocycles. The molecule has 0 aromatic carbocycles. The smallest absolute Gasteiger partial charge is 0.248 e. The number of carbonyl (C=O) groups is 1. The number of amides is 1. The Balaban J connectivity index is 3.05. The van der Waals surface area contributed by atoms with Crippen LogP contribution in [0.5, 0.6) is 0 Å². The third-order valence-corrected chi connectivity index (χ3v) is 4.36. The average molecular weight is 351 g/mol. The molecule has 0 aliphatic heterocycles. The van der Waals surface area contributed by atoms with E-state index < -0.39 is 0 Å². The van der Waals surface area contributed by atoms with E-state index in [1.54, 1.807) is 0 Å². The normalized spacial score (nSPS) is 10.7. The van der Waals surface area contributed by atoms with E-state index in [0.717, 1.165) is 39.0 Å². The van der Waals surface area contributed by atoms with Crippen LogP contribution in [0, 0.1) is 5.92 Å². The molecule has 25 heavy (non-hydrogen) atoms. The van der Waals surface area contributed by atoms with Gasteiger partial charge in [0, 0.05) is 32.1 Å². The van der Waals surface area contributed by atoms with Crippen molar-refractivity contribution in [3.05, 3.63) is 0 Å². The second-order valence-corrected chi connectivity index (χ2v) is 5.73. The number of nitrogens with one attached hydrogen (secondary N) is 2. The van der Waals surface area contributed by atoms with Crippen LogP contribution in [0.1, 0.15) is 54.4 Å². The first-order chi connectivity index (χ1) is 12.0. The molecule has 0 radical (unpaired) electrons. The Labute approximate surface area is 151 Å². The Kier molecular flexibility index (Phi) is 8.94. The predicted octanol–water partition coefficient (Wildman–Crippen LogP) is 2.44. The average Bonchev–Trinajstić information content (AvgIpc) is 2.63. The van der Waals surface area contributed by atoms with E-state index >= 15 is 0 Å². The van der Waals surface area contributed by atoms with Crippen LogP contribution in [-0.4, -0.2) is 47.0 Å². The fraction of sp³-hybridized carbons (Fsp3) is 0.765. The highest BCUT2D eigenvalue weighted by Gasteiger charge is 2.17. The molecule has 8 nitrogen and oxygen atoms in total. The standard InChI is InChI=1S/C17H33N7O/c1-7-13(8-2)14(25)21-22-15-18-16(23(9-3)10-4)20-17(19-15)24(11-5)12-6/h13H,7-12H2,1-6H3,(H,21,25)(H,18,19,20,22). The van der Waals surface area contributed by atoms with Crippen molar-refractivity contribution in [2.75, 3.05) is 41.4 Å². The summed E-state index contributed by atoms with van der Waals surface area (Å²) >= 11 is 0. The highest BCUT2D eigenvalue weighted by molar-refractivity contribution is 5.79. The zero-order chi connectivity index (χ0) is 18.8. The largest absolute Gasteiger partial charge is 0.341 e. The number of hydrazine groups is 1. The van der Waals surface area contributed by atoms with Crippen LogP contribution in [-0.2, 0) is 4.79 Å². The van der Waals surface area contributed by atoms with E-state index in [-0.39, 0.29) is 11.8 Å². The summed E-state index contributed by atoms with van der Waals surface area (Å²) in [5.74, 6) is 1.53. The zero-order valence-corrected chi connectivity index (χ0v) is 16.5. The van der Waals surface area contributed by atoms with Crippen LogP contribution in [0.4, 0.5) is 17.8 Å². The quantitative estimate of drug-likeness (QED) is 0.592. The molecule has 0 aliphatic carbocycles. The number of hydrogen-bond acceptors (Lipinski definition) is 7. The van der Waals surface area contributed by atoms with Crippen LogP contribution in [0.3, 0.4) is 0 Å². The predicted molar refractivity (Wildman–Crippen MR) is 103 cm³/mol. The fourth-order valence-corrected chi connectivity index (χ4v) is 2.58. The maximum absolute atomic E-state index is 12.2. The van der Waals surface area contributed by atoms with Gasteiger partial charge in [0.05, 0.1) is 0 Å². The molecular formula is C17H33N7O. The number of hydrogen-bond donors (Lipinski definition) is 2. The van der Waals surface area contributed by atoms with Crippen molar-refractivity contribution in [3.63, 3.8) is 0 Å². The lowest BCUT2D eigenvalue weighted by atomic mass is 10.0. The fourth-order valence-electron chi connectivity index (χ4n) is 2.58. The lowest BCUT2D eigenvalue weighted by Gasteiger charge is -2.23. The van der Waals surface area contributed by atoms with E-state index in [2.05, 4.69) is 63.3 Å². The molecular weight excluding hydrogens is 318 g/mol. The minimum Gasteiger partial charge on any atom is -0.341 e. The zero-order valence-electron chi connectivity index (χ0n) is 16.5. The highest BCUT2D eigenvalue weighted by Crippen LogP contribution is 2.16. The molecule has 2 N–H and O–H groups in total. The first kappa shape index (κ1) is 20.9. The summed E-state index contributed by atoms with van der Waals surface area (Å²) in [6, 6.07) is 0. The van der Waals surface area contributed by atoms with Crippen molar-refractivity contribution < 1.29 is 4.79 Å². The monoisotopic (exact) mass is 351 g/mol. The van der Waals surface area contributed by atoms with Crippen LogP contribution in [0.15, 0.2) is 0 Å². The molecule has 1 aromatic heterocycles. The Hall–Kier alpha value is -2.12. The Morgan fingerprint density at radius 1 is 0.840 bits per heavy atom. The maximum Gasteiger partial charge on any atom is 0.248 e. The van der Waals surface area contributed by atoms with Crippen molar-refractivity contribution in [2.24, 2.45) is 5.92 Å². The van der Waals surface area contributed by atoms with Crippen LogP contribution in [0.2, 0.25) is 0 Å². The number of rotatable bonds is 11. The van der Waals surface area contributed by atoms with Gasteiger partial charge in [0.15, 0.2) is 0 Å². The molecule has 0 bridgehead atoms. The second-order valence-electron chi connectivity index (χ2n) is 5.73. The summed E-state index contributed by atoms with van der Waals surface area (Å²) in [7, 11) is 0. The maximum atomic E-state index is 12.2. The summed E-state index contributed by atoms with van der Waals surface area (Å²) in [6.45, 7) is 15.5. The summed E-state index contributed by atoms with van der Waals surface area (Å²) in [5, 5.41) is 0. The molecule has 1 aromatic rings. The van der Waals surface area contributed by atoms with Crippen molar-refractivity contribution in [2.45, 2.75) is 54.4 Å². The molecule has 1 amide bonds. The lowest BCUT2D eigenvalue weighted by molar-refractivity contribution is -0.124. The van der Waals surface area contributed by atoms with Gasteiger partial charge in [-0.1, -0.05) is 13.8 Å². The van der Waals surface area contributed by atoms with E-state index in [0.29, 0.717) is 17.8 Å². The third-order valence-electron chi connectivity index (χ3n) is 4.36. The first-order valence-corrected chi connectivity index (χ1v) is 9.36. The molecule has 1 rings (SSSR count). The van der Waals surface area contributed by atoms with E-state index in [1.165, 1.54) is 0 Å². The minimum absolute atomic E-state index is 0.0150. The van der Waals surface area contributed by atoms with E-state index in [9.17, 15) is 4.79 Å². The molecule has 0 atom stereocenters. The summed E-state index contributed by atoms with van der Waals surface area (Å²) in [5.41, 5.74) is 5.59. The Morgan fingerprint density at radius 2 is 1.28 bits per heavy atom. The molecule has 0 aliphatic rings. The molecule has 1 heterocycles. The Morgan fingerprint density at radius 3 is 1.64 bits per heavy atom. The molecule has 0 saturated carbocycles. The summed E-state index contributed by atoms with van der Waals surface area (Å²) in [6.07, 6.45) is 1.60. The summed E-state index contributed by atoms with van der Waals surface area (Å²) < 4.78 is 0. The number of anilines is 3. The van der Waals surface area contributed by atoms with Crippen molar-refractivity contribution in [3.8, 4) is 0 Å². The number of carbonyl (C=O) groups excluding carboxylic acids is 1. The van der Waals surface area contributed by atoms with Gasteiger partial charge in [0.2, 0.25) is 23.8 Å². The number of aromatic nitrogens is 3. The van der Waals surface area contributed by atoms with E-state index in [4.69, 9.17) is 0 Å². The lowest BCUT2D eigenvalue weighted by Crippen LogP contribution is -2.36. The number of nitrogens with zero attached hydrogens (tertiary/aromatic N) is 5. The topological polar surface area (TPSA) is 86.3 Å². The van der Waals surface area contributed by atoms with Gasteiger partial charge in [0.25, 0.3) is 0 Å². The second kappa shape index (κ2) is 10.7. The van der Waals surface area contributed by atoms with Crippen LogP contribution in [0.25, 0.3) is 0 Å². The van der Waals surface area contributed by atoms with Crippen molar-refractivity contribution in [1.29, 1.82) is 0 Å². The van der Waals surface area contributed by atoms with Crippen molar-refractivity contribution in [1.82, 2.24) is 20.4 Å². The van der Waals surface area contributed by atoms with Gasteiger partial charge in [-0.05, 0) is 40.5 Å². The van der Waals surface area contributed by atoms with Gasteiger partial charge < -0.3 is 9.80 Å². The highest BCUT2D eigenvalue weighted by atomic mass is 16.2. The van der Waals surface area contributed by atoms with Gasteiger partial charge in [-0.15, -0.1) is 0 Å². The van der Waals surface area contributed by atoms with Crippen molar-refractivity contribution >= 4 is 23.8 Å². The van der Waals surface area contributed by atoms with Crippen LogP contribution >= 0.6 is 0 Å². The molecule has 0 fully saturated rings. The SMILES string of the molecule is CCC(CC)C(=O)NNc1nc(N(CC)CC)nc(N(CC)CC)n1. The minimum atomic E-state index is -0.0424. The molecule has 0 unspecified atom stereocenters. The van der Waals surface area contributed by atoms with Gasteiger partial charge in [-0.2, -0.15) is 15.0 Å². The van der Waals surface area contributed by atoms with Gasteiger partial charge in [0.1, 0.15) is 0 Å². The van der Waals surface area contributed by atoms with Gasteiger partial charge in [-0.3, -0.25) is 15.6 Å².